The second kappa shape index (κ2) is 9.31. The molecule has 0 saturated heterocycles. The highest BCUT2D eigenvalue weighted by Gasteiger charge is 2.21. The summed E-state index contributed by atoms with van der Waals surface area (Å²) in [7, 11) is 0. The Morgan fingerprint density at radius 3 is 2.36 bits per heavy atom. The predicted octanol–water partition coefficient (Wildman–Crippen LogP) is 3.34. The Kier molecular flexibility index (Phi) is 6.58. The first-order valence-electron chi connectivity index (χ1n) is 9.74. The summed E-state index contributed by atoms with van der Waals surface area (Å²) in [6.45, 7) is 0. The zero-order valence-electron chi connectivity index (χ0n) is 15.8. The molecule has 0 spiro atoms. The predicted molar refractivity (Wildman–Crippen MR) is 106 cm³/mol. The van der Waals surface area contributed by atoms with E-state index in [9.17, 15) is 19.5 Å². The Morgan fingerprint density at radius 1 is 0.929 bits per heavy atom. The van der Waals surface area contributed by atoms with Gasteiger partial charge in [0.15, 0.2) is 5.78 Å². The van der Waals surface area contributed by atoms with E-state index < -0.39 is 17.9 Å². The van der Waals surface area contributed by atoms with Crippen LogP contribution in [0.25, 0.3) is 0 Å². The second-order valence-corrected chi connectivity index (χ2v) is 7.26. The number of hydrogen-bond donors (Lipinski definition) is 2. The van der Waals surface area contributed by atoms with Gasteiger partial charge in [0.2, 0.25) is 5.91 Å². The fourth-order valence-electron chi connectivity index (χ4n) is 3.59. The van der Waals surface area contributed by atoms with E-state index in [-0.39, 0.29) is 25.0 Å². The van der Waals surface area contributed by atoms with Crippen LogP contribution < -0.4 is 5.32 Å². The number of rotatable bonds is 8. The van der Waals surface area contributed by atoms with Crippen molar-refractivity contribution in [2.45, 2.75) is 51.0 Å². The maximum absolute atomic E-state index is 12.4. The Morgan fingerprint density at radius 2 is 1.64 bits per heavy atom. The minimum atomic E-state index is -1.08. The number of carboxylic acid groups (broad SMARTS) is 1. The maximum Gasteiger partial charge on any atom is 0.326 e. The lowest BCUT2D eigenvalue weighted by Gasteiger charge is -2.16. The maximum atomic E-state index is 12.4. The van der Waals surface area contributed by atoms with Crippen LogP contribution in [0.15, 0.2) is 48.5 Å². The van der Waals surface area contributed by atoms with Gasteiger partial charge in [-0.05, 0) is 48.4 Å². The van der Waals surface area contributed by atoms with Crippen molar-refractivity contribution in [3.63, 3.8) is 0 Å². The van der Waals surface area contributed by atoms with E-state index in [1.807, 2.05) is 48.5 Å². The molecule has 1 aliphatic carbocycles. The summed E-state index contributed by atoms with van der Waals surface area (Å²) in [5.41, 5.74) is 4.01. The molecule has 0 radical (unpaired) electrons. The van der Waals surface area contributed by atoms with Gasteiger partial charge in [0, 0.05) is 24.8 Å². The van der Waals surface area contributed by atoms with Crippen molar-refractivity contribution in [2.24, 2.45) is 0 Å². The average molecular weight is 379 g/mol. The van der Waals surface area contributed by atoms with Crippen molar-refractivity contribution in [1.29, 1.82) is 0 Å². The number of hydrogen-bond acceptors (Lipinski definition) is 3. The van der Waals surface area contributed by atoms with Gasteiger partial charge in [-0.25, -0.2) is 4.79 Å². The summed E-state index contributed by atoms with van der Waals surface area (Å²) in [6, 6.07) is 13.9. The van der Waals surface area contributed by atoms with Crippen LogP contribution in [-0.4, -0.2) is 28.8 Å². The van der Waals surface area contributed by atoms with Gasteiger partial charge < -0.3 is 10.4 Å². The van der Waals surface area contributed by atoms with E-state index in [1.165, 1.54) is 17.5 Å². The molecular formula is C23H25NO4. The van der Waals surface area contributed by atoms with E-state index in [0.717, 1.165) is 24.8 Å². The molecule has 1 atom stereocenters. The third kappa shape index (κ3) is 5.28. The molecule has 3 rings (SSSR count). The van der Waals surface area contributed by atoms with Gasteiger partial charge in [0.25, 0.3) is 0 Å². The second-order valence-electron chi connectivity index (χ2n) is 7.26. The number of carbonyl (C=O) groups excluding carboxylic acids is 2. The lowest BCUT2D eigenvalue weighted by molar-refractivity contribution is -0.141. The third-order valence-electron chi connectivity index (χ3n) is 5.17. The topological polar surface area (TPSA) is 83.5 Å². The number of fused-ring (bicyclic) bond motifs is 1. The molecule has 0 aromatic heterocycles. The van der Waals surface area contributed by atoms with Crippen LogP contribution in [0.4, 0.5) is 0 Å². The van der Waals surface area contributed by atoms with Gasteiger partial charge in [-0.15, -0.1) is 0 Å². The first kappa shape index (κ1) is 19.8. The summed E-state index contributed by atoms with van der Waals surface area (Å²) in [5, 5.41) is 11.9. The monoisotopic (exact) mass is 379 g/mol. The summed E-state index contributed by atoms with van der Waals surface area (Å²) in [5.74, 6) is -1.59. The Labute approximate surface area is 164 Å². The number of aryl methyl sites for hydroxylation is 2. The lowest BCUT2D eigenvalue weighted by Crippen LogP contribution is -2.42. The fraction of sp³-hybridized carbons (Fsp3) is 0.348. The number of amides is 1. The summed E-state index contributed by atoms with van der Waals surface area (Å²) in [4.78, 5) is 36.1. The summed E-state index contributed by atoms with van der Waals surface area (Å²) < 4.78 is 0. The standard InChI is InChI=1S/C23H25NO4/c25-21(19-11-10-17-8-4-5-9-18(17)15-19)12-13-22(26)24-20(23(27)28)14-16-6-2-1-3-7-16/h1-3,6-7,10-11,15,20H,4-5,8-9,12-14H2,(H,24,26)(H,27,28). The highest BCUT2D eigenvalue weighted by atomic mass is 16.4. The molecule has 146 valence electrons. The molecule has 1 unspecified atom stereocenters. The lowest BCUT2D eigenvalue weighted by atomic mass is 9.89. The first-order valence-corrected chi connectivity index (χ1v) is 9.74. The molecule has 0 heterocycles. The molecule has 2 aromatic carbocycles. The van der Waals surface area contributed by atoms with Crippen LogP contribution in [0.2, 0.25) is 0 Å². The Bertz CT molecular complexity index is 860. The molecule has 0 aliphatic heterocycles. The quantitative estimate of drug-likeness (QED) is 0.689. The number of carbonyl (C=O) groups is 3. The Hall–Kier alpha value is -2.95. The summed E-state index contributed by atoms with van der Waals surface area (Å²) >= 11 is 0. The molecule has 0 fully saturated rings. The number of carboxylic acids is 1. The van der Waals surface area contributed by atoms with Gasteiger partial charge >= 0.3 is 5.97 Å². The van der Waals surface area contributed by atoms with Crippen LogP contribution >= 0.6 is 0 Å². The minimum absolute atomic E-state index is 0.0194. The van der Waals surface area contributed by atoms with Crippen LogP contribution in [-0.2, 0) is 28.9 Å². The van der Waals surface area contributed by atoms with Crippen molar-refractivity contribution in [1.82, 2.24) is 5.32 Å². The van der Waals surface area contributed by atoms with Gasteiger partial charge in [0.05, 0.1) is 0 Å². The highest BCUT2D eigenvalue weighted by molar-refractivity contribution is 5.98. The SMILES string of the molecule is O=C(CCC(=O)c1ccc2c(c1)CCCC2)NC(Cc1ccccc1)C(=O)O. The first-order chi connectivity index (χ1) is 13.5. The molecule has 2 aromatic rings. The molecule has 5 nitrogen and oxygen atoms in total. The molecule has 5 heteroatoms. The minimum Gasteiger partial charge on any atom is -0.480 e. The molecule has 1 aliphatic rings. The van der Waals surface area contributed by atoms with Crippen LogP contribution in [0.5, 0.6) is 0 Å². The van der Waals surface area contributed by atoms with Crippen LogP contribution in [0.1, 0.15) is 52.7 Å². The number of Topliss-reactive ketones (excluding diaryl/α,β-unsaturated/α-hetero) is 1. The van der Waals surface area contributed by atoms with Gasteiger partial charge in [-0.3, -0.25) is 9.59 Å². The van der Waals surface area contributed by atoms with Gasteiger partial charge in [-0.2, -0.15) is 0 Å². The molecule has 0 bridgehead atoms. The van der Waals surface area contributed by atoms with Crippen molar-refractivity contribution < 1.29 is 19.5 Å². The van der Waals surface area contributed by atoms with E-state index in [4.69, 9.17) is 0 Å². The highest BCUT2D eigenvalue weighted by Crippen LogP contribution is 2.23. The Balaban J connectivity index is 1.53. The number of benzene rings is 2. The number of aliphatic carboxylic acids is 1. The largest absolute Gasteiger partial charge is 0.480 e. The normalized spacial score (nSPS) is 14.0. The number of nitrogens with one attached hydrogen (secondary N) is 1. The van der Waals surface area contributed by atoms with Gasteiger partial charge in [0.1, 0.15) is 6.04 Å². The van der Waals surface area contributed by atoms with Gasteiger partial charge in [-0.1, -0.05) is 42.5 Å². The van der Waals surface area contributed by atoms with E-state index in [0.29, 0.717) is 5.56 Å². The molecule has 28 heavy (non-hydrogen) atoms. The zero-order chi connectivity index (χ0) is 19.9. The van der Waals surface area contributed by atoms with Crippen molar-refractivity contribution in [3.05, 3.63) is 70.8 Å². The molecule has 0 saturated carbocycles. The fourth-order valence-corrected chi connectivity index (χ4v) is 3.59. The van der Waals surface area contributed by atoms with E-state index >= 15 is 0 Å². The van der Waals surface area contributed by atoms with Crippen molar-refractivity contribution in [2.75, 3.05) is 0 Å². The van der Waals surface area contributed by atoms with Crippen LogP contribution in [0.3, 0.4) is 0 Å². The number of ketones is 1. The molecular weight excluding hydrogens is 354 g/mol. The smallest absolute Gasteiger partial charge is 0.326 e. The average Bonchev–Trinajstić information content (AvgIpc) is 2.72. The third-order valence-corrected chi connectivity index (χ3v) is 5.17. The summed E-state index contributed by atoms with van der Waals surface area (Å²) in [6.07, 6.45) is 4.65. The molecule has 2 N–H and O–H groups in total. The zero-order valence-corrected chi connectivity index (χ0v) is 15.8. The molecule has 1 amide bonds. The van der Waals surface area contributed by atoms with Crippen molar-refractivity contribution in [3.8, 4) is 0 Å². The van der Waals surface area contributed by atoms with E-state index in [1.54, 1.807) is 0 Å². The van der Waals surface area contributed by atoms with E-state index in [2.05, 4.69) is 5.32 Å². The van der Waals surface area contributed by atoms with Crippen LogP contribution in [0, 0.1) is 0 Å². The van der Waals surface area contributed by atoms with Crippen molar-refractivity contribution >= 4 is 17.7 Å².